The Hall–Kier alpha value is -1.88. The standard InChI is InChI=1S/C20H27N2O3/c1-20(18(23)17-9-12-21-13-10-17)11-5-6-14-22(20)19(24)25-15-16-7-3-2-4-8-16/h2-4,7-8,17H,5-6,9-15H2,1H3. The highest BCUT2D eigenvalue weighted by Crippen LogP contribution is 2.34. The van der Waals surface area contributed by atoms with Crippen LogP contribution in [0.25, 0.3) is 0 Å². The lowest BCUT2D eigenvalue weighted by Gasteiger charge is -2.44. The van der Waals surface area contributed by atoms with Gasteiger partial charge in [0.05, 0.1) is 0 Å². The number of piperidine rings is 2. The van der Waals surface area contributed by atoms with E-state index >= 15 is 0 Å². The van der Waals surface area contributed by atoms with Gasteiger partial charge in [-0.05, 0) is 44.6 Å². The van der Waals surface area contributed by atoms with Gasteiger partial charge in [-0.2, -0.15) is 0 Å². The number of hydrogen-bond donors (Lipinski definition) is 0. The molecule has 2 aliphatic heterocycles. The summed E-state index contributed by atoms with van der Waals surface area (Å²) in [6, 6.07) is 9.64. The molecule has 1 unspecified atom stereocenters. The van der Waals surface area contributed by atoms with Gasteiger partial charge in [0.15, 0.2) is 5.78 Å². The zero-order valence-electron chi connectivity index (χ0n) is 14.9. The van der Waals surface area contributed by atoms with E-state index in [2.05, 4.69) is 5.32 Å². The van der Waals surface area contributed by atoms with Gasteiger partial charge in [-0.3, -0.25) is 9.69 Å². The molecule has 135 valence electrons. The third-order valence-electron chi connectivity index (χ3n) is 5.49. The summed E-state index contributed by atoms with van der Waals surface area (Å²) < 4.78 is 5.52. The normalized spacial score (nSPS) is 24.8. The lowest BCUT2D eigenvalue weighted by atomic mass is 9.77. The number of nitrogens with zero attached hydrogens (tertiary/aromatic N) is 2. The molecule has 2 aliphatic rings. The molecule has 0 bridgehead atoms. The molecule has 1 amide bonds. The fourth-order valence-electron chi connectivity index (χ4n) is 3.92. The molecular formula is C20H27N2O3. The van der Waals surface area contributed by atoms with Crippen LogP contribution >= 0.6 is 0 Å². The molecule has 0 aliphatic carbocycles. The maximum absolute atomic E-state index is 13.2. The third-order valence-corrected chi connectivity index (χ3v) is 5.49. The molecule has 0 saturated carbocycles. The van der Waals surface area contributed by atoms with Gasteiger partial charge in [0.2, 0.25) is 0 Å². The Balaban J connectivity index is 1.68. The van der Waals surface area contributed by atoms with Crippen LogP contribution in [-0.4, -0.2) is 41.9 Å². The first-order chi connectivity index (χ1) is 12.1. The fourth-order valence-corrected chi connectivity index (χ4v) is 3.92. The van der Waals surface area contributed by atoms with E-state index < -0.39 is 5.54 Å². The minimum atomic E-state index is -0.742. The van der Waals surface area contributed by atoms with Crippen LogP contribution in [0, 0.1) is 5.92 Å². The predicted octanol–water partition coefficient (Wildman–Crippen LogP) is 3.15. The molecule has 1 atom stereocenters. The molecular weight excluding hydrogens is 316 g/mol. The van der Waals surface area contributed by atoms with Crippen LogP contribution in [0.15, 0.2) is 30.3 Å². The topological polar surface area (TPSA) is 60.7 Å². The number of benzene rings is 1. The maximum atomic E-state index is 13.2. The Labute approximate surface area is 149 Å². The van der Waals surface area contributed by atoms with Gasteiger partial charge in [-0.15, -0.1) is 0 Å². The van der Waals surface area contributed by atoms with Crippen molar-refractivity contribution in [2.75, 3.05) is 19.6 Å². The number of rotatable bonds is 4. The summed E-state index contributed by atoms with van der Waals surface area (Å²) >= 11 is 0. The molecule has 25 heavy (non-hydrogen) atoms. The van der Waals surface area contributed by atoms with Crippen molar-refractivity contribution in [3.63, 3.8) is 0 Å². The molecule has 0 spiro atoms. The number of carbonyl (C=O) groups excluding carboxylic acids is 2. The number of likely N-dealkylation sites (tertiary alicyclic amines) is 1. The van der Waals surface area contributed by atoms with Gasteiger partial charge in [-0.1, -0.05) is 30.3 Å². The van der Waals surface area contributed by atoms with Crippen molar-refractivity contribution in [1.29, 1.82) is 0 Å². The molecule has 5 nitrogen and oxygen atoms in total. The number of hydrogen-bond acceptors (Lipinski definition) is 3. The summed E-state index contributed by atoms with van der Waals surface area (Å²) in [6.45, 7) is 4.26. The summed E-state index contributed by atoms with van der Waals surface area (Å²) in [5.74, 6) is 0.212. The SMILES string of the molecule is CC1(C(=O)C2CC[N]CC2)CCCCN1C(=O)OCc1ccccc1. The zero-order chi connectivity index (χ0) is 17.7. The highest BCUT2D eigenvalue weighted by Gasteiger charge is 2.46. The smallest absolute Gasteiger partial charge is 0.410 e. The summed E-state index contributed by atoms with van der Waals surface area (Å²) in [5, 5.41) is 4.34. The van der Waals surface area contributed by atoms with Crippen LogP contribution in [0.3, 0.4) is 0 Å². The van der Waals surface area contributed by atoms with Crippen molar-refractivity contribution in [3.8, 4) is 0 Å². The molecule has 2 saturated heterocycles. The number of carbonyl (C=O) groups is 2. The van der Waals surface area contributed by atoms with E-state index in [1.807, 2.05) is 37.3 Å². The van der Waals surface area contributed by atoms with E-state index in [0.29, 0.717) is 6.54 Å². The third kappa shape index (κ3) is 4.03. The Kier molecular flexibility index (Phi) is 5.74. The van der Waals surface area contributed by atoms with Crippen LogP contribution in [-0.2, 0) is 16.1 Å². The monoisotopic (exact) mass is 343 g/mol. The van der Waals surface area contributed by atoms with Gasteiger partial charge in [0, 0.05) is 25.6 Å². The van der Waals surface area contributed by atoms with E-state index in [4.69, 9.17) is 4.74 Å². The minimum Gasteiger partial charge on any atom is -0.445 e. The largest absolute Gasteiger partial charge is 0.445 e. The average Bonchev–Trinajstić information content (AvgIpc) is 2.67. The number of ether oxygens (including phenoxy) is 1. The Morgan fingerprint density at radius 3 is 2.64 bits per heavy atom. The quantitative estimate of drug-likeness (QED) is 0.844. The van der Waals surface area contributed by atoms with Gasteiger partial charge in [0.1, 0.15) is 12.1 Å². The molecule has 5 heteroatoms. The average molecular weight is 343 g/mol. The van der Waals surface area contributed by atoms with Crippen molar-refractivity contribution in [1.82, 2.24) is 10.2 Å². The van der Waals surface area contributed by atoms with Crippen molar-refractivity contribution in [2.24, 2.45) is 5.92 Å². The Morgan fingerprint density at radius 2 is 1.92 bits per heavy atom. The molecule has 1 aromatic carbocycles. The number of amides is 1. The molecule has 0 aromatic heterocycles. The van der Waals surface area contributed by atoms with Crippen molar-refractivity contribution in [3.05, 3.63) is 35.9 Å². The Morgan fingerprint density at radius 1 is 1.20 bits per heavy atom. The molecule has 2 fully saturated rings. The van der Waals surface area contributed by atoms with Gasteiger partial charge >= 0.3 is 6.09 Å². The second-order valence-electron chi connectivity index (χ2n) is 7.23. The number of Topliss-reactive ketones (excluding diaryl/α,β-unsaturated/α-hetero) is 1. The summed E-state index contributed by atoms with van der Waals surface area (Å²) in [5.41, 5.74) is 0.211. The fraction of sp³-hybridized carbons (Fsp3) is 0.600. The van der Waals surface area contributed by atoms with E-state index in [1.54, 1.807) is 4.90 Å². The lowest BCUT2D eigenvalue weighted by Crippen LogP contribution is -2.59. The van der Waals surface area contributed by atoms with Gasteiger partial charge < -0.3 is 4.74 Å². The van der Waals surface area contributed by atoms with E-state index in [1.165, 1.54) is 0 Å². The van der Waals surface area contributed by atoms with Crippen LogP contribution in [0.1, 0.15) is 44.6 Å². The van der Waals surface area contributed by atoms with Crippen LogP contribution in [0.4, 0.5) is 4.79 Å². The van der Waals surface area contributed by atoms with Crippen molar-refractivity contribution < 1.29 is 14.3 Å². The lowest BCUT2D eigenvalue weighted by molar-refractivity contribution is -0.136. The molecule has 0 N–H and O–H groups in total. The summed E-state index contributed by atoms with van der Waals surface area (Å²) in [7, 11) is 0. The zero-order valence-corrected chi connectivity index (χ0v) is 14.9. The first-order valence-electron chi connectivity index (χ1n) is 9.27. The van der Waals surface area contributed by atoms with Crippen molar-refractivity contribution in [2.45, 2.75) is 51.2 Å². The van der Waals surface area contributed by atoms with Crippen LogP contribution in [0.2, 0.25) is 0 Å². The second kappa shape index (κ2) is 8.00. The second-order valence-corrected chi connectivity index (χ2v) is 7.23. The molecule has 2 heterocycles. The summed E-state index contributed by atoms with van der Waals surface area (Å²) in [4.78, 5) is 27.6. The molecule has 3 rings (SSSR count). The molecule has 1 aromatic rings. The predicted molar refractivity (Wildman–Crippen MR) is 95.2 cm³/mol. The summed E-state index contributed by atoms with van der Waals surface area (Å²) in [6.07, 6.45) is 3.85. The van der Waals surface area contributed by atoms with E-state index in [-0.39, 0.29) is 24.4 Å². The number of ketones is 1. The van der Waals surface area contributed by atoms with Crippen molar-refractivity contribution >= 4 is 11.9 Å². The maximum Gasteiger partial charge on any atom is 0.410 e. The first kappa shape index (κ1) is 17.9. The van der Waals surface area contributed by atoms with Crippen LogP contribution < -0.4 is 5.32 Å². The Bertz CT molecular complexity index is 598. The first-order valence-corrected chi connectivity index (χ1v) is 9.27. The highest BCUT2D eigenvalue weighted by atomic mass is 16.6. The van der Waals surface area contributed by atoms with Gasteiger partial charge in [-0.25, -0.2) is 10.1 Å². The van der Waals surface area contributed by atoms with E-state index in [0.717, 1.165) is 50.8 Å². The minimum absolute atomic E-state index is 0.0185. The highest BCUT2D eigenvalue weighted by molar-refractivity contribution is 5.93. The van der Waals surface area contributed by atoms with Crippen LogP contribution in [0.5, 0.6) is 0 Å². The molecule has 1 radical (unpaired) electrons. The van der Waals surface area contributed by atoms with E-state index in [9.17, 15) is 9.59 Å². The van der Waals surface area contributed by atoms with Gasteiger partial charge in [0.25, 0.3) is 0 Å².